The van der Waals surface area contributed by atoms with Crippen LogP contribution >= 0.6 is 0 Å². The molecule has 0 bridgehead atoms. The lowest BCUT2D eigenvalue weighted by Crippen LogP contribution is -2.52. The molecule has 3 aromatic rings. The molecule has 0 radical (unpaired) electrons. The van der Waals surface area contributed by atoms with Gasteiger partial charge in [-0.05, 0) is 56.5 Å². The van der Waals surface area contributed by atoms with Crippen LogP contribution in [0.5, 0.6) is 5.75 Å². The minimum Gasteiger partial charge on any atom is -0.497 e. The van der Waals surface area contributed by atoms with Crippen LogP contribution in [0, 0.1) is 0 Å². The van der Waals surface area contributed by atoms with Crippen LogP contribution in [0.3, 0.4) is 0 Å². The van der Waals surface area contributed by atoms with Crippen LogP contribution in [-0.4, -0.2) is 35.4 Å². The van der Waals surface area contributed by atoms with Crippen molar-refractivity contribution in [3.8, 4) is 5.75 Å². The quantitative estimate of drug-likeness (QED) is 0.444. The number of amides is 2. The van der Waals surface area contributed by atoms with Gasteiger partial charge in [-0.1, -0.05) is 72.8 Å². The highest BCUT2D eigenvalue weighted by Gasteiger charge is 2.30. The molecule has 0 saturated heterocycles. The highest BCUT2D eigenvalue weighted by Crippen LogP contribution is 2.29. The van der Waals surface area contributed by atoms with Crippen molar-refractivity contribution in [1.29, 1.82) is 0 Å². The van der Waals surface area contributed by atoms with Gasteiger partial charge in [0.1, 0.15) is 11.8 Å². The van der Waals surface area contributed by atoms with Gasteiger partial charge in [0.15, 0.2) is 0 Å². The number of carbonyl (C=O) groups excluding carboxylic acids is 2. The predicted molar refractivity (Wildman–Crippen MR) is 140 cm³/mol. The van der Waals surface area contributed by atoms with E-state index in [1.807, 2.05) is 106 Å². The lowest BCUT2D eigenvalue weighted by Gasteiger charge is -2.32. The minimum absolute atomic E-state index is 0.0814. The molecule has 0 spiro atoms. The summed E-state index contributed by atoms with van der Waals surface area (Å²) in [5.74, 6) is 0.343. The van der Waals surface area contributed by atoms with E-state index in [1.54, 1.807) is 18.9 Å². The molecule has 2 amide bonds. The third kappa shape index (κ3) is 7.44. The van der Waals surface area contributed by atoms with E-state index in [1.165, 1.54) is 0 Å². The molecule has 0 fully saturated rings. The summed E-state index contributed by atoms with van der Waals surface area (Å²) in [4.78, 5) is 28.7. The van der Waals surface area contributed by atoms with Gasteiger partial charge >= 0.3 is 0 Å². The molecule has 3 rings (SSSR count). The molecular formula is C30H36N2O3. The zero-order valence-electron chi connectivity index (χ0n) is 21.3. The summed E-state index contributed by atoms with van der Waals surface area (Å²) in [7, 11) is 1.62. The molecule has 184 valence electrons. The lowest BCUT2D eigenvalue weighted by atomic mass is 9.88. The Bertz CT molecular complexity index is 1070. The first-order valence-corrected chi connectivity index (χ1v) is 12.0. The fourth-order valence-electron chi connectivity index (χ4n) is 4.11. The molecule has 3 aromatic carbocycles. The van der Waals surface area contributed by atoms with E-state index in [0.717, 1.165) is 16.7 Å². The Morgan fingerprint density at radius 1 is 0.886 bits per heavy atom. The second-order valence-electron chi connectivity index (χ2n) is 9.87. The summed E-state index contributed by atoms with van der Waals surface area (Å²) in [5.41, 5.74) is 2.65. The lowest BCUT2D eigenvalue weighted by molar-refractivity contribution is -0.141. The van der Waals surface area contributed by atoms with Crippen molar-refractivity contribution in [2.24, 2.45) is 0 Å². The van der Waals surface area contributed by atoms with Gasteiger partial charge in [0.25, 0.3) is 0 Å². The maximum atomic E-state index is 13.9. The molecule has 0 aliphatic rings. The third-order valence-corrected chi connectivity index (χ3v) is 5.94. The Morgan fingerprint density at radius 3 is 1.97 bits per heavy atom. The fourth-order valence-corrected chi connectivity index (χ4v) is 4.11. The third-order valence-electron chi connectivity index (χ3n) is 5.94. The van der Waals surface area contributed by atoms with Gasteiger partial charge < -0.3 is 15.0 Å². The molecule has 5 heteroatoms. The number of hydrogen-bond acceptors (Lipinski definition) is 3. The van der Waals surface area contributed by atoms with Crippen molar-refractivity contribution in [2.45, 2.75) is 58.2 Å². The highest BCUT2D eigenvalue weighted by atomic mass is 16.5. The number of hydrogen-bond donors (Lipinski definition) is 1. The summed E-state index contributed by atoms with van der Waals surface area (Å²) in [6, 6.07) is 27.1. The van der Waals surface area contributed by atoms with Crippen LogP contribution in [0.1, 0.15) is 56.7 Å². The molecule has 0 heterocycles. The van der Waals surface area contributed by atoms with Gasteiger partial charge in [-0.25, -0.2) is 0 Å². The number of rotatable bonds is 9. The number of nitrogens with zero attached hydrogens (tertiary/aromatic N) is 1. The standard InChI is InChI=1S/C30H36N2O3/c1-22(29(34)31-30(2,3)4)32(21-23-13-12-18-26(19-23)35-5)28(33)20-27(24-14-8-6-9-15-24)25-16-10-7-11-17-25/h6-19,22,27H,20-21H2,1-5H3,(H,31,34)/t22-/m1/s1. The summed E-state index contributed by atoms with van der Waals surface area (Å²) in [6.07, 6.45) is 0.255. The number of nitrogens with one attached hydrogen (secondary N) is 1. The van der Waals surface area contributed by atoms with E-state index in [0.29, 0.717) is 12.3 Å². The average molecular weight is 473 g/mol. The molecule has 5 nitrogen and oxygen atoms in total. The number of ether oxygens (including phenoxy) is 1. The Balaban J connectivity index is 1.93. The summed E-state index contributed by atoms with van der Waals surface area (Å²) in [5, 5.41) is 3.02. The second-order valence-corrected chi connectivity index (χ2v) is 9.87. The van der Waals surface area contributed by atoms with E-state index in [2.05, 4.69) is 5.32 Å². The van der Waals surface area contributed by atoms with E-state index in [4.69, 9.17) is 4.74 Å². The molecule has 0 aliphatic heterocycles. The first-order valence-electron chi connectivity index (χ1n) is 12.0. The van der Waals surface area contributed by atoms with Crippen molar-refractivity contribution in [3.05, 3.63) is 102 Å². The molecule has 0 saturated carbocycles. The first kappa shape index (κ1) is 26.0. The van der Waals surface area contributed by atoms with Crippen LogP contribution in [0.2, 0.25) is 0 Å². The van der Waals surface area contributed by atoms with Crippen molar-refractivity contribution in [1.82, 2.24) is 10.2 Å². The molecule has 0 unspecified atom stereocenters. The number of methoxy groups -OCH3 is 1. The molecule has 0 aromatic heterocycles. The van der Waals surface area contributed by atoms with Crippen molar-refractivity contribution in [3.63, 3.8) is 0 Å². The van der Waals surface area contributed by atoms with E-state index >= 15 is 0 Å². The van der Waals surface area contributed by atoms with Crippen LogP contribution in [-0.2, 0) is 16.1 Å². The van der Waals surface area contributed by atoms with Crippen molar-refractivity contribution >= 4 is 11.8 Å². The Kier molecular flexibility index (Phi) is 8.69. The van der Waals surface area contributed by atoms with Gasteiger partial charge in [-0.2, -0.15) is 0 Å². The van der Waals surface area contributed by atoms with Crippen molar-refractivity contribution in [2.75, 3.05) is 7.11 Å². The van der Waals surface area contributed by atoms with Gasteiger partial charge in [-0.3, -0.25) is 9.59 Å². The average Bonchev–Trinajstić information content (AvgIpc) is 2.85. The van der Waals surface area contributed by atoms with E-state index in [-0.39, 0.29) is 24.2 Å². The van der Waals surface area contributed by atoms with E-state index < -0.39 is 11.6 Å². The summed E-state index contributed by atoms with van der Waals surface area (Å²) in [6.45, 7) is 7.91. The van der Waals surface area contributed by atoms with Gasteiger partial charge in [-0.15, -0.1) is 0 Å². The van der Waals surface area contributed by atoms with Gasteiger partial charge in [0.05, 0.1) is 7.11 Å². The van der Waals surface area contributed by atoms with Crippen LogP contribution in [0.4, 0.5) is 0 Å². The summed E-state index contributed by atoms with van der Waals surface area (Å²) < 4.78 is 5.37. The molecule has 35 heavy (non-hydrogen) atoms. The van der Waals surface area contributed by atoms with Crippen LogP contribution < -0.4 is 10.1 Å². The van der Waals surface area contributed by atoms with E-state index in [9.17, 15) is 9.59 Å². The largest absolute Gasteiger partial charge is 0.497 e. The minimum atomic E-state index is -0.639. The zero-order chi connectivity index (χ0) is 25.4. The van der Waals surface area contributed by atoms with Crippen LogP contribution in [0.25, 0.3) is 0 Å². The SMILES string of the molecule is COc1cccc(CN(C(=O)CC(c2ccccc2)c2ccccc2)[C@H](C)C(=O)NC(C)(C)C)c1. The zero-order valence-corrected chi connectivity index (χ0v) is 21.3. The molecule has 1 atom stereocenters. The summed E-state index contributed by atoms with van der Waals surface area (Å²) >= 11 is 0. The fraction of sp³-hybridized carbons (Fsp3) is 0.333. The monoisotopic (exact) mass is 472 g/mol. The highest BCUT2D eigenvalue weighted by molar-refractivity contribution is 5.88. The Labute approximate surface area is 209 Å². The van der Waals surface area contributed by atoms with Crippen molar-refractivity contribution < 1.29 is 14.3 Å². The first-order chi connectivity index (χ1) is 16.7. The Morgan fingerprint density at radius 2 is 1.46 bits per heavy atom. The van der Waals surface area contributed by atoms with Gasteiger partial charge in [0, 0.05) is 24.4 Å². The molecule has 1 N–H and O–H groups in total. The maximum absolute atomic E-state index is 13.9. The predicted octanol–water partition coefficient (Wildman–Crippen LogP) is 5.55. The van der Waals surface area contributed by atoms with Crippen LogP contribution in [0.15, 0.2) is 84.9 Å². The maximum Gasteiger partial charge on any atom is 0.242 e. The normalized spacial score (nSPS) is 12.2. The van der Waals surface area contributed by atoms with Gasteiger partial charge in [0.2, 0.25) is 11.8 Å². The number of carbonyl (C=O) groups is 2. The topological polar surface area (TPSA) is 58.6 Å². The molecule has 0 aliphatic carbocycles. The second kappa shape index (κ2) is 11.7. The molecular weight excluding hydrogens is 436 g/mol. The smallest absolute Gasteiger partial charge is 0.242 e. The Hall–Kier alpha value is -3.60. The number of benzene rings is 3.